The van der Waals surface area contributed by atoms with Crippen LogP contribution in [-0.2, 0) is 4.74 Å². The first kappa shape index (κ1) is 8.86. The van der Waals surface area contributed by atoms with Crippen molar-refractivity contribution in [3.8, 4) is 0 Å². The molecule has 72 valence electrons. The van der Waals surface area contributed by atoms with Gasteiger partial charge in [0.2, 0.25) is 0 Å². The van der Waals surface area contributed by atoms with E-state index in [4.69, 9.17) is 4.74 Å². The molecule has 1 heteroatoms. The van der Waals surface area contributed by atoms with Crippen LogP contribution >= 0.6 is 0 Å². The zero-order valence-corrected chi connectivity index (χ0v) is 8.60. The maximum absolute atomic E-state index is 5.72. The van der Waals surface area contributed by atoms with Gasteiger partial charge in [-0.3, -0.25) is 0 Å². The molecule has 2 aliphatic carbocycles. The van der Waals surface area contributed by atoms with Gasteiger partial charge in [0.15, 0.2) is 0 Å². The minimum Gasteiger partial charge on any atom is -0.495 e. The van der Waals surface area contributed by atoms with E-state index < -0.39 is 0 Å². The van der Waals surface area contributed by atoms with Crippen molar-refractivity contribution in [2.45, 2.75) is 52.1 Å². The normalized spacial score (nSPS) is 21.9. The molecule has 2 rings (SSSR count). The SMILES string of the molecule is CC(C)OC1=CC2=C(CCCC2)C1. The maximum atomic E-state index is 5.72. The van der Waals surface area contributed by atoms with Gasteiger partial charge in [0.05, 0.1) is 6.10 Å². The highest BCUT2D eigenvalue weighted by Crippen LogP contribution is 2.36. The molecular formula is C12H18O. The first-order valence-electron chi connectivity index (χ1n) is 5.34. The first-order valence-corrected chi connectivity index (χ1v) is 5.34. The van der Waals surface area contributed by atoms with E-state index in [0.29, 0.717) is 6.10 Å². The van der Waals surface area contributed by atoms with Gasteiger partial charge < -0.3 is 4.74 Å². The molecule has 0 unspecified atom stereocenters. The molecule has 0 aromatic rings. The van der Waals surface area contributed by atoms with Gasteiger partial charge in [-0.25, -0.2) is 0 Å². The lowest BCUT2D eigenvalue weighted by Gasteiger charge is -2.13. The Kier molecular flexibility index (Phi) is 2.43. The van der Waals surface area contributed by atoms with Crippen LogP contribution in [0.15, 0.2) is 23.0 Å². The van der Waals surface area contributed by atoms with Crippen molar-refractivity contribution < 1.29 is 4.74 Å². The Morgan fingerprint density at radius 2 is 2.00 bits per heavy atom. The van der Waals surface area contributed by atoms with Crippen LogP contribution < -0.4 is 0 Å². The van der Waals surface area contributed by atoms with Gasteiger partial charge >= 0.3 is 0 Å². The molecule has 0 aromatic heterocycles. The fourth-order valence-corrected chi connectivity index (χ4v) is 2.20. The number of rotatable bonds is 2. The van der Waals surface area contributed by atoms with Crippen LogP contribution in [0.5, 0.6) is 0 Å². The number of ether oxygens (including phenoxy) is 1. The summed E-state index contributed by atoms with van der Waals surface area (Å²) in [5, 5.41) is 0. The third-order valence-electron chi connectivity index (χ3n) is 2.74. The molecule has 0 radical (unpaired) electrons. The zero-order valence-electron chi connectivity index (χ0n) is 8.60. The summed E-state index contributed by atoms with van der Waals surface area (Å²) in [7, 11) is 0. The summed E-state index contributed by atoms with van der Waals surface area (Å²) >= 11 is 0. The van der Waals surface area contributed by atoms with Crippen molar-refractivity contribution in [3.05, 3.63) is 23.0 Å². The summed E-state index contributed by atoms with van der Waals surface area (Å²) in [6.07, 6.45) is 9.01. The second kappa shape index (κ2) is 3.57. The van der Waals surface area contributed by atoms with Crippen LogP contribution in [-0.4, -0.2) is 6.10 Å². The van der Waals surface area contributed by atoms with Crippen LogP contribution in [0.1, 0.15) is 46.0 Å². The van der Waals surface area contributed by atoms with E-state index in [9.17, 15) is 0 Å². The molecule has 0 N–H and O–H groups in total. The Morgan fingerprint density at radius 3 is 2.69 bits per heavy atom. The van der Waals surface area contributed by atoms with Gasteiger partial charge in [-0.1, -0.05) is 5.57 Å². The van der Waals surface area contributed by atoms with Gasteiger partial charge in [0, 0.05) is 6.42 Å². The lowest BCUT2D eigenvalue weighted by Crippen LogP contribution is -2.01. The summed E-state index contributed by atoms with van der Waals surface area (Å²) in [5.74, 6) is 1.20. The molecule has 0 aliphatic heterocycles. The van der Waals surface area contributed by atoms with Crippen molar-refractivity contribution in [3.63, 3.8) is 0 Å². The average Bonchev–Trinajstić information content (AvgIpc) is 2.44. The average molecular weight is 178 g/mol. The van der Waals surface area contributed by atoms with E-state index in [1.807, 2.05) is 0 Å². The summed E-state index contributed by atoms with van der Waals surface area (Å²) < 4.78 is 5.72. The molecule has 0 aromatic carbocycles. The van der Waals surface area contributed by atoms with E-state index in [-0.39, 0.29) is 0 Å². The summed E-state index contributed by atoms with van der Waals surface area (Å²) in [6.45, 7) is 4.19. The van der Waals surface area contributed by atoms with Crippen molar-refractivity contribution in [1.82, 2.24) is 0 Å². The molecule has 0 atom stereocenters. The predicted octanol–water partition coefficient (Wildman–Crippen LogP) is 3.57. The smallest absolute Gasteiger partial charge is 0.101 e. The molecule has 0 heterocycles. The van der Waals surface area contributed by atoms with Crippen LogP contribution in [0.2, 0.25) is 0 Å². The fraction of sp³-hybridized carbons (Fsp3) is 0.667. The second-order valence-electron chi connectivity index (χ2n) is 4.29. The topological polar surface area (TPSA) is 9.23 Å². The lowest BCUT2D eigenvalue weighted by molar-refractivity contribution is 0.144. The lowest BCUT2D eigenvalue weighted by atomic mass is 9.94. The van der Waals surface area contributed by atoms with Crippen LogP contribution in [0.25, 0.3) is 0 Å². The number of hydrogen-bond donors (Lipinski definition) is 0. The van der Waals surface area contributed by atoms with Crippen molar-refractivity contribution in [2.24, 2.45) is 0 Å². The highest BCUT2D eigenvalue weighted by atomic mass is 16.5. The Labute approximate surface area is 80.5 Å². The highest BCUT2D eigenvalue weighted by Gasteiger charge is 2.19. The third kappa shape index (κ3) is 1.96. The van der Waals surface area contributed by atoms with Gasteiger partial charge in [-0.15, -0.1) is 0 Å². The third-order valence-corrected chi connectivity index (χ3v) is 2.74. The second-order valence-corrected chi connectivity index (χ2v) is 4.29. The highest BCUT2D eigenvalue weighted by molar-refractivity contribution is 5.38. The Morgan fingerprint density at radius 1 is 1.23 bits per heavy atom. The molecule has 0 fully saturated rings. The number of hydrogen-bond acceptors (Lipinski definition) is 1. The predicted molar refractivity (Wildman–Crippen MR) is 54.4 cm³/mol. The molecule has 0 saturated heterocycles. The molecule has 0 amide bonds. The minimum absolute atomic E-state index is 0.326. The summed E-state index contributed by atoms with van der Waals surface area (Å²) in [4.78, 5) is 0. The molecule has 2 aliphatic rings. The van der Waals surface area contributed by atoms with E-state index in [1.54, 1.807) is 11.1 Å². The minimum atomic E-state index is 0.326. The van der Waals surface area contributed by atoms with Crippen LogP contribution in [0.3, 0.4) is 0 Å². The largest absolute Gasteiger partial charge is 0.495 e. The van der Waals surface area contributed by atoms with E-state index in [1.165, 1.54) is 31.4 Å². The van der Waals surface area contributed by atoms with Crippen LogP contribution in [0.4, 0.5) is 0 Å². The Balaban J connectivity index is 2.00. The molecule has 1 nitrogen and oxygen atoms in total. The molecular weight excluding hydrogens is 160 g/mol. The number of allylic oxidation sites excluding steroid dienone is 3. The maximum Gasteiger partial charge on any atom is 0.101 e. The summed E-state index contributed by atoms with van der Waals surface area (Å²) in [5.41, 5.74) is 3.21. The van der Waals surface area contributed by atoms with Crippen molar-refractivity contribution in [2.75, 3.05) is 0 Å². The molecule has 0 saturated carbocycles. The molecule has 0 bridgehead atoms. The Hall–Kier alpha value is -0.720. The molecule has 13 heavy (non-hydrogen) atoms. The standard InChI is InChI=1S/C12H18O/c1-9(2)13-12-7-10-5-3-4-6-11(10)8-12/h7,9H,3-6,8H2,1-2H3. The fourth-order valence-electron chi connectivity index (χ4n) is 2.20. The molecule has 0 spiro atoms. The Bertz CT molecular complexity index is 258. The van der Waals surface area contributed by atoms with Crippen molar-refractivity contribution in [1.29, 1.82) is 0 Å². The van der Waals surface area contributed by atoms with Crippen molar-refractivity contribution >= 4 is 0 Å². The van der Waals surface area contributed by atoms with E-state index in [0.717, 1.165) is 6.42 Å². The van der Waals surface area contributed by atoms with Crippen LogP contribution in [0, 0.1) is 0 Å². The van der Waals surface area contributed by atoms with Gasteiger partial charge in [0.1, 0.15) is 5.76 Å². The first-order chi connectivity index (χ1) is 6.25. The van der Waals surface area contributed by atoms with Gasteiger partial charge in [0.25, 0.3) is 0 Å². The van der Waals surface area contributed by atoms with E-state index >= 15 is 0 Å². The summed E-state index contributed by atoms with van der Waals surface area (Å²) in [6, 6.07) is 0. The monoisotopic (exact) mass is 178 g/mol. The van der Waals surface area contributed by atoms with Gasteiger partial charge in [-0.2, -0.15) is 0 Å². The quantitative estimate of drug-likeness (QED) is 0.628. The van der Waals surface area contributed by atoms with Gasteiger partial charge in [-0.05, 0) is 51.2 Å². The van der Waals surface area contributed by atoms with E-state index in [2.05, 4.69) is 19.9 Å². The zero-order chi connectivity index (χ0) is 9.26.